The predicted octanol–water partition coefficient (Wildman–Crippen LogP) is 1.74. The van der Waals surface area contributed by atoms with Crippen molar-refractivity contribution in [1.82, 2.24) is 4.90 Å². The average molecular weight is 243 g/mol. The van der Waals surface area contributed by atoms with Crippen molar-refractivity contribution in [3.8, 4) is 0 Å². The van der Waals surface area contributed by atoms with Crippen molar-refractivity contribution in [3.63, 3.8) is 0 Å². The van der Waals surface area contributed by atoms with Gasteiger partial charge in [0.25, 0.3) is 5.91 Å². The van der Waals surface area contributed by atoms with Gasteiger partial charge in [-0.1, -0.05) is 0 Å². The summed E-state index contributed by atoms with van der Waals surface area (Å²) in [6.45, 7) is 3.42. The smallest absolute Gasteiger partial charge is 0.258 e. The van der Waals surface area contributed by atoms with E-state index in [9.17, 15) is 4.79 Å². The monoisotopic (exact) mass is 242 g/mol. The highest BCUT2D eigenvalue weighted by Crippen LogP contribution is 2.24. The quantitative estimate of drug-likeness (QED) is 0.860. The maximum atomic E-state index is 12.0. The second-order valence-corrected chi connectivity index (χ2v) is 4.61. The highest BCUT2D eigenvalue weighted by atomic mass is 35.5. The molecule has 1 aromatic rings. The summed E-state index contributed by atoms with van der Waals surface area (Å²) in [5, 5.41) is 0.161. The van der Waals surface area contributed by atoms with Gasteiger partial charge in [0.2, 0.25) is 5.22 Å². The summed E-state index contributed by atoms with van der Waals surface area (Å²) in [5.74, 6) is 0.316. The maximum absolute atomic E-state index is 12.0. The Labute approximate surface area is 99.3 Å². The van der Waals surface area contributed by atoms with Crippen LogP contribution in [0.5, 0.6) is 0 Å². The van der Waals surface area contributed by atoms with Crippen LogP contribution in [0.25, 0.3) is 0 Å². The summed E-state index contributed by atoms with van der Waals surface area (Å²) in [7, 11) is 0. The molecule has 88 valence electrons. The minimum Gasteiger partial charge on any atom is -0.452 e. The third kappa shape index (κ3) is 2.08. The van der Waals surface area contributed by atoms with Crippen molar-refractivity contribution in [1.29, 1.82) is 0 Å². The van der Waals surface area contributed by atoms with Crippen LogP contribution >= 0.6 is 11.6 Å². The van der Waals surface area contributed by atoms with Gasteiger partial charge in [-0.05, 0) is 36.9 Å². The highest BCUT2D eigenvalue weighted by Gasteiger charge is 2.30. The molecular weight excluding hydrogens is 228 g/mol. The van der Waals surface area contributed by atoms with Gasteiger partial charge >= 0.3 is 0 Å². The highest BCUT2D eigenvalue weighted by molar-refractivity contribution is 6.32. The van der Waals surface area contributed by atoms with Crippen LogP contribution in [0.2, 0.25) is 5.22 Å². The van der Waals surface area contributed by atoms with Gasteiger partial charge in [0.05, 0.1) is 11.8 Å². The third-order valence-corrected chi connectivity index (χ3v) is 3.40. The zero-order chi connectivity index (χ0) is 11.7. The van der Waals surface area contributed by atoms with Gasteiger partial charge < -0.3 is 15.1 Å². The summed E-state index contributed by atoms with van der Waals surface area (Å²) < 4.78 is 4.91. The number of rotatable bonds is 2. The molecule has 16 heavy (non-hydrogen) atoms. The number of nitrogens with two attached hydrogens (primary N) is 1. The Balaban J connectivity index is 2.05. The Kier molecular flexibility index (Phi) is 3.21. The number of carbonyl (C=O) groups excluding carboxylic acids is 1. The minimum atomic E-state index is -0.0677. The first-order chi connectivity index (χ1) is 7.59. The van der Waals surface area contributed by atoms with Crippen LogP contribution in [0.15, 0.2) is 16.7 Å². The van der Waals surface area contributed by atoms with Crippen molar-refractivity contribution in [2.75, 3.05) is 13.1 Å². The fraction of sp³-hybridized carbons (Fsp3) is 0.545. The number of likely N-dealkylation sites (tertiary alicyclic amines) is 1. The van der Waals surface area contributed by atoms with Crippen LogP contribution in [0.4, 0.5) is 0 Å². The molecule has 2 atom stereocenters. The Morgan fingerprint density at radius 2 is 2.50 bits per heavy atom. The summed E-state index contributed by atoms with van der Waals surface area (Å²) in [5.41, 5.74) is 6.26. The summed E-state index contributed by atoms with van der Waals surface area (Å²) in [6.07, 6.45) is 2.38. The number of hydrogen-bond acceptors (Lipinski definition) is 3. The molecular formula is C11H15ClN2O2. The Bertz CT molecular complexity index is 389. The summed E-state index contributed by atoms with van der Waals surface area (Å²) in [6, 6.07) is 1.72. The van der Waals surface area contributed by atoms with E-state index in [0.29, 0.717) is 18.0 Å². The standard InChI is InChI=1S/C11H15ClN2O2/c1-7(13)8-2-4-14(6-8)11(15)9-3-5-16-10(9)12/h3,5,7-8H,2,4,6,13H2,1H3. The van der Waals surface area contributed by atoms with Crippen molar-refractivity contribution >= 4 is 17.5 Å². The van der Waals surface area contributed by atoms with E-state index in [1.54, 1.807) is 11.0 Å². The lowest BCUT2D eigenvalue weighted by atomic mass is 10.0. The van der Waals surface area contributed by atoms with Gasteiger partial charge in [0.1, 0.15) is 0 Å². The number of furan rings is 1. The molecule has 1 amide bonds. The molecule has 2 heterocycles. The van der Waals surface area contributed by atoms with Crippen LogP contribution in [0, 0.1) is 5.92 Å². The Hall–Kier alpha value is -1.00. The van der Waals surface area contributed by atoms with Crippen molar-refractivity contribution in [3.05, 3.63) is 23.1 Å². The van der Waals surface area contributed by atoms with Gasteiger partial charge in [0.15, 0.2) is 0 Å². The molecule has 2 unspecified atom stereocenters. The van der Waals surface area contributed by atoms with Crippen LogP contribution in [-0.2, 0) is 0 Å². The van der Waals surface area contributed by atoms with E-state index in [4.69, 9.17) is 21.8 Å². The zero-order valence-corrected chi connectivity index (χ0v) is 9.91. The lowest BCUT2D eigenvalue weighted by molar-refractivity contribution is 0.0785. The summed E-state index contributed by atoms with van der Waals surface area (Å²) >= 11 is 5.77. The zero-order valence-electron chi connectivity index (χ0n) is 9.15. The molecule has 2 rings (SSSR count). The molecule has 1 saturated heterocycles. The average Bonchev–Trinajstić information content (AvgIpc) is 2.84. The molecule has 1 aliphatic rings. The summed E-state index contributed by atoms with van der Waals surface area (Å²) in [4.78, 5) is 13.8. The molecule has 1 aliphatic heterocycles. The molecule has 1 fully saturated rings. The van der Waals surface area contributed by atoms with Crippen molar-refractivity contribution in [2.24, 2.45) is 11.7 Å². The minimum absolute atomic E-state index is 0.0677. The van der Waals surface area contributed by atoms with Gasteiger partial charge in [0, 0.05) is 19.1 Å². The number of hydrogen-bond donors (Lipinski definition) is 1. The topological polar surface area (TPSA) is 59.5 Å². The first kappa shape index (κ1) is 11.5. The van der Waals surface area contributed by atoms with Gasteiger partial charge in [-0.2, -0.15) is 0 Å². The van der Waals surface area contributed by atoms with E-state index in [1.165, 1.54) is 6.26 Å². The number of carbonyl (C=O) groups is 1. The molecule has 5 heteroatoms. The molecule has 0 aliphatic carbocycles. The first-order valence-corrected chi connectivity index (χ1v) is 5.75. The van der Waals surface area contributed by atoms with Crippen molar-refractivity contribution in [2.45, 2.75) is 19.4 Å². The number of halogens is 1. The van der Waals surface area contributed by atoms with E-state index in [-0.39, 0.29) is 17.2 Å². The molecule has 0 bridgehead atoms. The van der Waals surface area contributed by atoms with E-state index in [1.807, 2.05) is 6.92 Å². The van der Waals surface area contributed by atoms with E-state index in [2.05, 4.69) is 0 Å². The molecule has 0 spiro atoms. The van der Waals surface area contributed by atoms with Crippen LogP contribution in [-0.4, -0.2) is 29.9 Å². The maximum Gasteiger partial charge on any atom is 0.258 e. The second-order valence-electron chi connectivity index (χ2n) is 4.27. The van der Waals surface area contributed by atoms with Crippen LogP contribution in [0.1, 0.15) is 23.7 Å². The van der Waals surface area contributed by atoms with E-state index < -0.39 is 0 Å². The largest absolute Gasteiger partial charge is 0.452 e. The van der Waals surface area contributed by atoms with Gasteiger partial charge in [-0.15, -0.1) is 0 Å². The van der Waals surface area contributed by atoms with Gasteiger partial charge in [-0.3, -0.25) is 4.79 Å². The Morgan fingerprint density at radius 1 is 1.75 bits per heavy atom. The molecule has 4 nitrogen and oxygen atoms in total. The molecule has 0 aromatic carbocycles. The SMILES string of the molecule is CC(N)C1CCN(C(=O)c2ccoc2Cl)C1. The predicted molar refractivity (Wildman–Crippen MR) is 61.4 cm³/mol. The van der Waals surface area contributed by atoms with Crippen LogP contribution < -0.4 is 5.73 Å². The molecule has 0 saturated carbocycles. The first-order valence-electron chi connectivity index (χ1n) is 5.37. The Morgan fingerprint density at radius 3 is 3.00 bits per heavy atom. The lowest BCUT2D eigenvalue weighted by Crippen LogP contribution is -2.32. The van der Waals surface area contributed by atoms with Gasteiger partial charge in [-0.25, -0.2) is 0 Å². The normalized spacial score (nSPS) is 22.4. The fourth-order valence-corrected chi connectivity index (χ4v) is 2.21. The van der Waals surface area contributed by atoms with E-state index >= 15 is 0 Å². The molecule has 0 radical (unpaired) electrons. The van der Waals surface area contributed by atoms with Crippen molar-refractivity contribution < 1.29 is 9.21 Å². The molecule has 1 aromatic heterocycles. The van der Waals surface area contributed by atoms with Crippen LogP contribution in [0.3, 0.4) is 0 Å². The second kappa shape index (κ2) is 4.47. The lowest BCUT2D eigenvalue weighted by Gasteiger charge is -2.17. The fourth-order valence-electron chi connectivity index (χ4n) is 2.02. The number of amides is 1. The van der Waals surface area contributed by atoms with E-state index in [0.717, 1.165) is 13.0 Å². The number of nitrogens with zero attached hydrogens (tertiary/aromatic N) is 1. The molecule has 2 N–H and O–H groups in total. The third-order valence-electron chi connectivity index (χ3n) is 3.10.